The number of hydrogen-bond donors (Lipinski definition) is 2. The van der Waals surface area contributed by atoms with Gasteiger partial charge >= 0.3 is 5.97 Å². The maximum absolute atomic E-state index is 10.5. The highest BCUT2D eigenvalue weighted by Gasteiger charge is 2.41. The smallest absolute Gasteiger partial charge is 0.326 e. The zero-order valence-electron chi connectivity index (χ0n) is 5.82. The van der Waals surface area contributed by atoms with Crippen molar-refractivity contribution >= 4 is 5.97 Å². The van der Waals surface area contributed by atoms with Crippen LogP contribution < -0.4 is 5.32 Å². The Labute approximate surface area is 63.3 Å². The number of carboxylic acids is 1. The zero-order valence-corrected chi connectivity index (χ0v) is 5.82. The third-order valence-corrected chi connectivity index (χ3v) is 1.88. The average Bonchev–Trinajstić information content (AvgIpc) is 2.32. The van der Waals surface area contributed by atoms with Crippen LogP contribution in [0.2, 0.25) is 0 Å². The molecule has 2 rings (SSSR count). The summed E-state index contributed by atoms with van der Waals surface area (Å²) in [6, 6.07) is -0.700. The summed E-state index contributed by atoms with van der Waals surface area (Å²) in [7, 11) is 0. The summed E-state index contributed by atoms with van der Waals surface area (Å²) in [6.07, 6.45) is -0.554. The van der Waals surface area contributed by atoms with Crippen LogP contribution in [0.5, 0.6) is 0 Å². The highest BCUT2D eigenvalue weighted by molar-refractivity contribution is 5.74. The van der Waals surface area contributed by atoms with Gasteiger partial charge in [-0.2, -0.15) is 0 Å². The Morgan fingerprint density at radius 3 is 3.18 bits per heavy atom. The van der Waals surface area contributed by atoms with Crippen LogP contribution in [0.15, 0.2) is 0 Å². The van der Waals surface area contributed by atoms with Crippen molar-refractivity contribution in [2.75, 3.05) is 13.2 Å². The summed E-state index contributed by atoms with van der Waals surface area (Å²) in [4.78, 5) is 10.5. The fourth-order valence-electron chi connectivity index (χ4n) is 1.31. The number of nitrogens with one attached hydrogen (secondary N) is 1. The number of hydrogen-bond acceptors (Lipinski definition) is 4. The summed E-state index contributed by atoms with van der Waals surface area (Å²) >= 11 is 0. The Bertz CT molecular complexity index is 183. The maximum Gasteiger partial charge on any atom is 0.326 e. The molecule has 2 bridgehead atoms. The van der Waals surface area contributed by atoms with Crippen LogP contribution in [0.3, 0.4) is 0 Å². The van der Waals surface area contributed by atoms with Gasteiger partial charge in [0.15, 0.2) is 12.3 Å². The monoisotopic (exact) mass is 159 g/mol. The molecule has 5 heteroatoms. The number of morpholine rings is 1. The first-order valence-corrected chi connectivity index (χ1v) is 3.50. The standard InChI is InChI=1S/C6H9NO4/c8-5(9)4-6-10-2-3(11-6)1-7-4/h3-4,6-7H,1-2H2,(H,8,9). The molecule has 2 fully saturated rings. The molecule has 0 radical (unpaired) electrons. The van der Waals surface area contributed by atoms with E-state index in [1.807, 2.05) is 0 Å². The van der Waals surface area contributed by atoms with E-state index in [4.69, 9.17) is 14.6 Å². The molecular weight excluding hydrogens is 150 g/mol. The SMILES string of the molecule is O=C(O)C1NCC2COC1O2. The Morgan fingerprint density at radius 2 is 2.45 bits per heavy atom. The number of fused-ring (bicyclic) bond motifs is 2. The van der Waals surface area contributed by atoms with Gasteiger partial charge < -0.3 is 14.6 Å². The molecule has 3 unspecified atom stereocenters. The van der Waals surface area contributed by atoms with E-state index in [-0.39, 0.29) is 6.10 Å². The van der Waals surface area contributed by atoms with Crippen LogP contribution in [0.4, 0.5) is 0 Å². The normalized spacial score (nSPS) is 42.4. The van der Waals surface area contributed by atoms with Crippen LogP contribution in [-0.2, 0) is 14.3 Å². The maximum atomic E-state index is 10.5. The van der Waals surface area contributed by atoms with Gasteiger partial charge in [0.1, 0.15) is 0 Å². The molecule has 2 aliphatic rings. The van der Waals surface area contributed by atoms with E-state index in [0.29, 0.717) is 13.2 Å². The van der Waals surface area contributed by atoms with Gasteiger partial charge in [-0.05, 0) is 0 Å². The van der Waals surface area contributed by atoms with Gasteiger partial charge in [-0.25, -0.2) is 0 Å². The molecule has 0 amide bonds. The van der Waals surface area contributed by atoms with Crippen molar-refractivity contribution in [3.05, 3.63) is 0 Å². The van der Waals surface area contributed by atoms with Crippen molar-refractivity contribution in [1.82, 2.24) is 5.32 Å². The lowest BCUT2D eigenvalue weighted by Gasteiger charge is -2.25. The van der Waals surface area contributed by atoms with Crippen molar-refractivity contribution < 1.29 is 19.4 Å². The van der Waals surface area contributed by atoms with E-state index in [1.54, 1.807) is 0 Å². The summed E-state index contributed by atoms with van der Waals surface area (Å²) in [5, 5.41) is 11.5. The molecule has 2 N–H and O–H groups in total. The third kappa shape index (κ3) is 1.11. The Morgan fingerprint density at radius 1 is 1.64 bits per heavy atom. The minimum Gasteiger partial charge on any atom is -0.480 e. The largest absolute Gasteiger partial charge is 0.480 e. The molecule has 2 aliphatic heterocycles. The molecule has 0 aromatic rings. The lowest BCUT2D eigenvalue weighted by atomic mass is 10.2. The molecule has 0 spiro atoms. The first-order chi connectivity index (χ1) is 5.27. The third-order valence-electron chi connectivity index (χ3n) is 1.88. The highest BCUT2D eigenvalue weighted by atomic mass is 16.7. The van der Waals surface area contributed by atoms with E-state index in [1.165, 1.54) is 0 Å². The average molecular weight is 159 g/mol. The number of rotatable bonds is 1. The van der Waals surface area contributed by atoms with Crippen LogP contribution >= 0.6 is 0 Å². The van der Waals surface area contributed by atoms with E-state index in [2.05, 4.69) is 5.32 Å². The lowest BCUT2D eigenvalue weighted by molar-refractivity contribution is -0.158. The van der Waals surface area contributed by atoms with Crippen molar-refractivity contribution in [2.24, 2.45) is 0 Å². The molecule has 2 heterocycles. The number of carboxylic acid groups (broad SMARTS) is 1. The second kappa shape index (κ2) is 2.44. The van der Waals surface area contributed by atoms with Crippen molar-refractivity contribution in [3.8, 4) is 0 Å². The number of aliphatic carboxylic acids is 1. The molecule has 11 heavy (non-hydrogen) atoms. The highest BCUT2D eigenvalue weighted by Crippen LogP contribution is 2.18. The zero-order chi connectivity index (χ0) is 7.84. The minimum absolute atomic E-state index is 0.0376. The molecule has 0 aromatic heterocycles. The van der Waals surface area contributed by atoms with E-state index in [0.717, 1.165) is 0 Å². The second-order valence-corrected chi connectivity index (χ2v) is 2.68. The second-order valence-electron chi connectivity index (χ2n) is 2.68. The van der Waals surface area contributed by atoms with E-state index >= 15 is 0 Å². The number of carbonyl (C=O) groups is 1. The minimum atomic E-state index is -0.921. The predicted octanol–water partition coefficient (Wildman–Crippen LogP) is -1.22. The summed E-state index contributed by atoms with van der Waals surface area (Å²) in [5.41, 5.74) is 0. The fraction of sp³-hybridized carbons (Fsp3) is 0.833. The van der Waals surface area contributed by atoms with Gasteiger partial charge in [0, 0.05) is 6.54 Å². The Balaban J connectivity index is 2.07. The van der Waals surface area contributed by atoms with Gasteiger partial charge in [0.05, 0.1) is 12.7 Å². The van der Waals surface area contributed by atoms with Gasteiger partial charge in [0.25, 0.3) is 0 Å². The van der Waals surface area contributed by atoms with E-state index < -0.39 is 18.3 Å². The molecule has 2 saturated heterocycles. The quantitative estimate of drug-likeness (QED) is 0.502. The Kier molecular flexibility index (Phi) is 1.56. The van der Waals surface area contributed by atoms with Crippen molar-refractivity contribution in [1.29, 1.82) is 0 Å². The fourth-order valence-corrected chi connectivity index (χ4v) is 1.31. The number of ether oxygens (including phenoxy) is 2. The van der Waals surface area contributed by atoms with Gasteiger partial charge in [-0.15, -0.1) is 0 Å². The van der Waals surface area contributed by atoms with Crippen LogP contribution in [0.1, 0.15) is 0 Å². The van der Waals surface area contributed by atoms with Gasteiger partial charge in [-0.1, -0.05) is 0 Å². The molecule has 0 saturated carbocycles. The lowest BCUT2D eigenvalue weighted by Crippen LogP contribution is -2.52. The van der Waals surface area contributed by atoms with Crippen molar-refractivity contribution in [2.45, 2.75) is 18.4 Å². The first kappa shape index (κ1) is 7.02. The van der Waals surface area contributed by atoms with Crippen LogP contribution in [-0.4, -0.2) is 42.7 Å². The topological polar surface area (TPSA) is 67.8 Å². The molecular formula is C6H9NO4. The summed E-state index contributed by atoms with van der Waals surface area (Å²) in [5.74, 6) is -0.921. The van der Waals surface area contributed by atoms with Gasteiger partial charge in [-0.3, -0.25) is 10.1 Å². The van der Waals surface area contributed by atoms with Crippen LogP contribution in [0.25, 0.3) is 0 Å². The Hall–Kier alpha value is -0.650. The van der Waals surface area contributed by atoms with E-state index in [9.17, 15) is 4.79 Å². The molecule has 0 aromatic carbocycles. The summed E-state index contributed by atoms with van der Waals surface area (Å²) in [6.45, 7) is 1.06. The van der Waals surface area contributed by atoms with Gasteiger partial charge in [0.2, 0.25) is 0 Å². The molecule has 3 atom stereocenters. The first-order valence-electron chi connectivity index (χ1n) is 3.50. The molecule has 0 aliphatic carbocycles. The summed E-state index contributed by atoms with van der Waals surface area (Å²) < 4.78 is 10.3. The van der Waals surface area contributed by atoms with Crippen molar-refractivity contribution in [3.63, 3.8) is 0 Å². The molecule has 62 valence electrons. The molecule has 5 nitrogen and oxygen atoms in total. The van der Waals surface area contributed by atoms with Crippen LogP contribution in [0, 0.1) is 0 Å². The predicted molar refractivity (Wildman–Crippen MR) is 34.0 cm³/mol.